The van der Waals surface area contributed by atoms with Crippen LogP contribution in [0, 0.1) is 0 Å². The Balaban J connectivity index is 0.00000208. The lowest BCUT2D eigenvalue weighted by molar-refractivity contribution is -0.132. The van der Waals surface area contributed by atoms with E-state index in [2.05, 4.69) is 15.5 Å². The minimum atomic E-state index is -0.452. The second-order valence-corrected chi connectivity index (χ2v) is 5.61. The summed E-state index contributed by atoms with van der Waals surface area (Å²) in [6.07, 6.45) is 1.01. The minimum absolute atomic E-state index is 0. The molecule has 1 saturated heterocycles. The van der Waals surface area contributed by atoms with Gasteiger partial charge in [-0.05, 0) is 31.9 Å². The highest BCUT2D eigenvalue weighted by Crippen LogP contribution is 2.21. The lowest BCUT2D eigenvalue weighted by Gasteiger charge is -2.15. The maximum atomic E-state index is 12.2. The van der Waals surface area contributed by atoms with E-state index >= 15 is 0 Å². The Hall–Kier alpha value is -1.96. The highest BCUT2D eigenvalue weighted by molar-refractivity contribution is 5.85. The molecule has 0 spiro atoms. The molecule has 0 saturated carbocycles. The standard InChI is InChI=1S/C16H20N4O3.ClH/c1-10(18-15(21)13-8-7-12(9-17)22-13)14-19-16(23-20-14)11-5-3-2-4-6-11;/h2-6,10,12-13H,7-9,17H2,1H3,(H,18,21);1H/t10?,12-,13+;/m1./s1. The van der Waals surface area contributed by atoms with E-state index in [4.69, 9.17) is 15.0 Å². The Morgan fingerprint density at radius 2 is 2.12 bits per heavy atom. The lowest BCUT2D eigenvalue weighted by atomic mass is 10.2. The average Bonchev–Trinajstić information content (AvgIpc) is 3.25. The van der Waals surface area contributed by atoms with Gasteiger partial charge in [-0.1, -0.05) is 23.4 Å². The second-order valence-electron chi connectivity index (χ2n) is 5.61. The van der Waals surface area contributed by atoms with Crippen LogP contribution in [0.5, 0.6) is 0 Å². The first-order valence-corrected chi connectivity index (χ1v) is 7.72. The predicted molar refractivity (Wildman–Crippen MR) is 90.5 cm³/mol. The van der Waals surface area contributed by atoms with Crippen molar-refractivity contribution >= 4 is 18.3 Å². The summed E-state index contributed by atoms with van der Waals surface area (Å²) < 4.78 is 10.8. The van der Waals surface area contributed by atoms with E-state index < -0.39 is 6.10 Å². The summed E-state index contributed by atoms with van der Waals surface area (Å²) in [5, 5.41) is 6.80. The number of ether oxygens (including phenoxy) is 1. The SMILES string of the molecule is CC(NC(=O)[C@@H]1CC[C@H](CN)O1)c1noc(-c2ccccc2)n1.Cl. The monoisotopic (exact) mass is 352 g/mol. The normalized spacial score (nSPS) is 21.1. The molecule has 1 aliphatic heterocycles. The Labute approximate surface area is 146 Å². The van der Waals surface area contributed by atoms with Gasteiger partial charge in [0.2, 0.25) is 5.91 Å². The molecule has 0 radical (unpaired) electrons. The van der Waals surface area contributed by atoms with Crippen LogP contribution in [0.3, 0.4) is 0 Å². The Morgan fingerprint density at radius 1 is 1.38 bits per heavy atom. The number of hydrogen-bond acceptors (Lipinski definition) is 6. The first-order chi connectivity index (χ1) is 11.2. The van der Waals surface area contributed by atoms with Crippen LogP contribution < -0.4 is 11.1 Å². The zero-order valence-corrected chi connectivity index (χ0v) is 14.2. The third-order valence-corrected chi connectivity index (χ3v) is 3.87. The number of nitrogens with two attached hydrogens (primary N) is 1. The number of nitrogens with one attached hydrogen (secondary N) is 1. The highest BCUT2D eigenvalue weighted by atomic mass is 35.5. The van der Waals surface area contributed by atoms with E-state index in [-0.39, 0.29) is 30.5 Å². The van der Waals surface area contributed by atoms with Crippen LogP contribution in [-0.4, -0.2) is 34.8 Å². The van der Waals surface area contributed by atoms with Gasteiger partial charge in [0.1, 0.15) is 6.10 Å². The highest BCUT2D eigenvalue weighted by Gasteiger charge is 2.31. The van der Waals surface area contributed by atoms with Crippen molar-refractivity contribution in [2.24, 2.45) is 5.73 Å². The summed E-state index contributed by atoms with van der Waals surface area (Å²) in [6, 6.07) is 9.13. The molecule has 8 heteroatoms. The largest absolute Gasteiger partial charge is 0.364 e. The Morgan fingerprint density at radius 3 is 2.79 bits per heavy atom. The van der Waals surface area contributed by atoms with Crippen molar-refractivity contribution in [1.29, 1.82) is 0 Å². The first-order valence-electron chi connectivity index (χ1n) is 7.72. The van der Waals surface area contributed by atoms with E-state index in [1.54, 1.807) is 0 Å². The summed E-state index contributed by atoms with van der Waals surface area (Å²) >= 11 is 0. The number of nitrogens with zero attached hydrogens (tertiary/aromatic N) is 2. The van der Waals surface area contributed by atoms with Gasteiger partial charge in [-0.2, -0.15) is 4.98 Å². The van der Waals surface area contributed by atoms with Crippen LogP contribution in [0.2, 0.25) is 0 Å². The summed E-state index contributed by atoms with van der Waals surface area (Å²) in [5.74, 6) is 0.701. The molecule has 3 N–H and O–H groups in total. The molecule has 1 aromatic carbocycles. The summed E-state index contributed by atoms with van der Waals surface area (Å²) in [5.41, 5.74) is 6.40. The number of carbonyl (C=O) groups excluding carboxylic acids is 1. The third kappa shape index (κ3) is 4.11. The van der Waals surface area contributed by atoms with Gasteiger partial charge in [-0.25, -0.2) is 0 Å². The molecule has 2 heterocycles. The van der Waals surface area contributed by atoms with Crippen LogP contribution in [-0.2, 0) is 9.53 Å². The molecule has 130 valence electrons. The van der Waals surface area contributed by atoms with Crippen LogP contribution in [0.1, 0.15) is 31.6 Å². The van der Waals surface area contributed by atoms with E-state index in [0.29, 0.717) is 24.7 Å². The summed E-state index contributed by atoms with van der Waals surface area (Å²) in [4.78, 5) is 16.5. The van der Waals surface area contributed by atoms with Crippen molar-refractivity contribution in [3.8, 4) is 11.5 Å². The topological polar surface area (TPSA) is 103 Å². The van der Waals surface area contributed by atoms with Crippen molar-refractivity contribution in [1.82, 2.24) is 15.5 Å². The first kappa shape index (κ1) is 18.4. The molecule has 1 unspecified atom stereocenters. The van der Waals surface area contributed by atoms with Crippen molar-refractivity contribution < 1.29 is 14.1 Å². The number of amides is 1. The van der Waals surface area contributed by atoms with Gasteiger partial charge in [-0.15, -0.1) is 12.4 Å². The quantitative estimate of drug-likeness (QED) is 0.851. The van der Waals surface area contributed by atoms with Crippen molar-refractivity contribution in [3.05, 3.63) is 36.2 Å². The molecule has 7 nitrogen and oxygen atoms in total. The van der Waals surface area contributed by atoms with E-state index in [1.165, 1.54) is 0 Å². The number of carbonyl (C=O) groups is 1. The molecule has 0 aliphatic carbocycles. The fraction of sp³-hybridized carbons (Fsp3) is 0.438. The van der Waals surface area contributed by atoms with E-state index in [0.717, 1.165) is 12.0 Å². The lowest BCUT2D eigenvalue weighted by Crippen LogP contribution is -2.37. The minimum Gasteiger partial charge on any atom is -0.364 e. The van der Waals surface area contributed by atoms with Gasteiger partial charge in [-0.3, -0.25) is 4.79 Å². The molecule has 1 aromatic heterocycles. The zero-order chi connectivity index (χ0) is 16.2. The number of aromatic nitrogens is 2. The van der Waals surface area contributed by atoms with Crippen LogP contribution in [0.15, 0.2) is 34.9 Å². The number of halogens is 1. The van der Waals surface area contributed by atoms with Crippen LogP contribution >= 0.6 is 12.4 Å². The van der Waals surface area contributed by atoms with Gasteiger partial charge in [0, 0.05) is 12.1 Å². The summed E-state index contributed by atoms with van der Waals surface area (Å²) in [7, 11) is 0. The molecule has 24 heavy (non-hydrogen) atoms. The van der Waals surface area contributed by atoms with Crippen molar-refractivity contribution in [2.75, 3.05) is 6.54 Å². The second kappa shape index (κ2) is 8.23. The van der Waals surface area contributed by atoms with Gasteiger partial charge in [0.25, 0.3) is 5.89 Å². The molecule has 2 aromatic rings. The maximum absolute atomic E-state index is 12.2. The van der Waals surface area contributed by atoms with Gasteiger partial charge in [0.05, 0.1) is 12.1 Å². The summed E-state index contributed by atoms with van der Waals surface area (Å²) in [6.45, 7) is 2.25. The van der Waals surface area contributed by atoms with E-state index in [9.17, 15) is 4.79 Å². The number of benzene rings is 1. The van der Waals surface area contributed by atoms with E-state index in [1.807, 2.05) is 37.3 Å². The smallest absolute Gasteiger partial charge is 0.257 e. The van der Waals surface area contributed by atoms with Crippen molar-refractivity contribution in [3.63, 3.8) is 0 Å². The van der Waals surface area contributed by atoms with Gasteiger partial charge in [0.15, 0.2) is 5.82 Å². The fourth-order valence-corrected chi connectivity index (χ4v) is 2.55. The number of rotatable bonds is 5. The van der Waals surface area contributed by atoms with Crippen molar-refractivity contribution in [2.45, 2.75) is 38.0 Å². The maximum Gasteiger partial charge on any atom is 0.257 e. The molecule has 1 aliphatic rings. The predicted octanol–water partition coefficient (Wildman–Crippen LogP) is 1.84. The Kier molecular flexibility index (Phi) is 6.30. The molecular weight excluding hydrogens is 332 g/mol. The Bertz CT molecular complexity index is 664. The zero-order valence-electron chi connectivity index (χ0n) is 13.3. The molecule has 1 amide bonds. The van der Waals surface area contributed by atoms with Gasteiger partial charge < -0.3 is 20.3 Å². The molecule has 0 bridgehead atoms. The average molecular weight is 353 g/mol. The third-order valence-electron chi connectivity index (χ3n) is 3.87. The van der Waals surface area contributed by atoms with Crippen LogP contribution in [0.25, 0.3) is 11.5 Å². The van der Waals surface area contributed by atoms with Crippen LogP contribution in [0.4, 0.5) is 0 Å². The molecule has 3 rings (SSSR count). The number of hydrogen-bond donors (Lipinski definition) is 2. The molecule has 3 atom stereocenters. The molecular formula is C16H21ClN4O3. The fourth-order valence-electron chi connectivity index (χ4n) is 2.55. The molecule has 1 fully saturated rings. The van der Waals surface area contributed by atoms with Gasteiger partial charge >= 0.3 is 0 Å².